The van der Waals surface area contributed by atoms with E-state index in [9.17, 15) is 0 Å². The quantitative estimate of drug-likeness (QED) is 0.911. The number of aromatic nitrogens is 2. The van der Waals surface area contributed by atoms with Gasteiger partial charge < -0.3 is 14.5 Å². The first-order valence-corrected chi connectivity index (χ1v) is 6.61. The van der Waals surface area contributed by atoms with E-state index in [-0.39, 0.29) is 0 Å². The lowest BCUT2D eigenvalue weighted by Crippen LogP contribution is -2.30. The topological polar surface area (TPSA) is 60.2 Å². The Morgan fingerprint density at radius 2 is 2.21 bits per heavy atom. The fourth-order valence-corrected chi connectivity index (χ4v) is 2.21. The summed E-state index contributed by atoms with van der Waals surface area (Å²) >= 11 is 0. The molecule has 0 amide bonds. The lowest BCUT2D eigenvalue weighted by molar-refractivity contribution is 0.208. The van der Waals surface area contributed by atoms with Crippen LogP contribution in [0.3, 0.4) is 0 Å². The summed E-state index contributed by atoms with van der Waals surface area (Å²) in [6.45, 7) is 2.86. The summed E-state index contributed by atoms with van der Waals surface area (Å²) in [4.78, 5) is 8.55. The second kappa shape index (κ2) is 5.84. The van der Waals surface area contributed by atoms with Crippen LogP contribution in [0.5, 0.6) is 5.88 Å². The van der Waals surface area contributed by atoms with Crippen LogP contribution >= 0.6 is 0 Å². The third-order valence-corrected chi connectivity index (χ3v) is 3.31. The number of ether oxygens (including phenoxy) is 1. The molecule has 0 aromatic carbocycles. The van der Waals surface area contributed by atoms with Crippen LogP contribution in [0.25, 0.3) is 11.5 Å². The van der Waals surface area contributed by atoms with Crippen molar-refractivity contribution in [3.63, 3.8) is 0 Å². The molecule has 3 heterocycles. The van der Waals surface area contributed by atoms with E-state index in [0.717, 1.165) is 25.9 Å². The zero-order valence-corrected chi connectivity index (χ0v) is 10.7. The average Bonchev–Trinajstić information content (AvgIpc) is 3.01. The molecule has 0 bridgehead atoms. The van der Waals surface area contributed by atoms with Gasteiger partial charge in [0.05, 0.1) is 25.3 Å². The molecule has 0 atom stereocenters. The monoisotopic (exact) mass is 259 g/mol. The molecule has 0 aliphatic carbocycles. The lowest BCUT2D eigenvalue weighted by atomic mass is 9.99. The first-order chi connectivity index (χ1) is 9.42. The molecule has 2 aromatic heterocycles. The number of hydrogen-bond acceptors (Lipinski definition) is 5. The van der Waals surface area contributed by atoms with Crippen molar-refractivity contribution in [2.24, 2.45) is 5.92 Å². The molecule has 0 saturated carbocycles. The highest BCUT2D eigenvalue weighted by Gasteiger charge is 2.14. The number of nitrogens with zero attached hydrogens (tertiary/aromatic N) is 2. The van der Waals surface area contributed by atoms with Crippen molar-refractivity contribution in [3.8, 4) is 17.3 Å². The van der Waals surface area contributed by atoms with Crippen LogP contribution in [-0.4, -0.2) is 29.7 Å². The second-order valence-corrected chi connectivity index (χ2v) is 4.72. The van der Waals surface area contributed by atoms with E-state index in [2.05, 4.69) is 15.3 Å². The molecule has 1 fully saturated rings. The number of nitrogens with one attached hydrogen (secondary N) is 1. The zero-order valence-electron chi connectivity index (χ0n) is 10.7. The van der Waals surface area contributed by atoms with Crippen LogP contribution in [-0.2, 0) is 0 Å². The van der Waals surface area contributed by atoms with Crippen molar-refractivity contribution in [1.82, 2.24) is 15.3 Å². The summed E-state index contributed by atoms with van der Waals surface area (Å²) < 4.78 is 11.0. The third-order valence-electron chi connectivity index (χ3n) is 3.31. The van der Waals surface area contributed by atoms with E-state index in [1.807, 2.05) is 12.1 Å². The minimum Gasteiger partial charge on any atom is -0.476 e. The van der Waals surface area contributed by atoms with Gasteiger partial charge in [-0.15, -0.1) is 0 Å². The van der Waals surface area contributed by atoms with Gasteiger partial charge in [0, 0.05) is 0 Å². The lowest BCUT2D eigenvalue weighted by Gasteiger charge is -2.22. The molecular weight excluding hydrogens is 242 g/mol. The summed E-state index contributed by atoms with van der Waals surface area (Å²) in [5.74, 6) is 1.88. The number of furan rings is 1. The summed E-state index contributed by atoms with van der Waals surface area (Å²) in [6, 6.07) is 3.69. The molecule has 0 unspecified atom stereocenters. The number of hydrogen-bond donors (Lipinski definition) is 1. The Labute approximate surface area is 112 Å². The van der Waals surface area contributed by atoms with E-state index >= 15 is 0 Å². The van der Waals surface area contributed by atoms with Crippen LogP contribution in [0.1, 0.15) is 12.8 Å². The van der Waals surface area contributed by atoms with Gasteiger partial charge in [-0.2, -0.15) is 0 Å². The first-order valence-electron chi connectivity index (χ1n) is 6.61. The highest BCUT2D eigenvalue weighted by Crippen LogP contribution is 2.19. The van der Waals surface area contributed by atoms with Crippen molar-refractivity contribution < 1.29 is 9.15 Å². The maximum absolute atomic E-state index is 5.74. The normalized spacial score (nSPS) is 16.4. The molecular formula is C14H17N3O2. The Balaban J connectivity index is 1.63. The Bertz CT molecular complexity index is 507. The molecule has 5 heteroatoms. The predicted octanol–water partition coefficient (Wildman–Crippen LogP) is 2.11. The smallest absolute Gasteiger partial charge is 0.232 e. The van der Waals surface area contributed by atoms with E-state index < -0.39 is 0 Å². The van der Waals surface area contributed by atoms with Gasteiger partial charge in [0.25, 0.3) is 0 Å². The second-order valence-electron chi connectivity index (χ2n) is 4.72. The molecule has 1 N–H and O–H groups in total. The molecule has 19 heavy (non-hydrogen) atoms. The summed E-state index contributed by atoms with van der Waals surface area (Å²) in [7, 11) is 0. The van der Waals surface area contributed by atoms with Gasteiger partial charge in [0.15, 0.2) is 5.76 Å². The summed E-state index contributed by atoms with van der Waals surface area (Å²) in [5.41, 5.74) is 0.702. The van der Waals surface area contributed by atoms with Crippen LogP contribution in [0.4, 0.5) is 0 Å². The van der Waals surface area contributed by atoms with Gasteiger partial charge in [-0.1, -0.05) is 0 Å². The van der Waals surface area contributed by atoms with Crippen LogP contribution < -0.4 is 10.1 Å². The van der Waals surface area contributed by atoms with E-state index in [1.54, 1.807) is 18.7 Å². The van der Waals surface area contributed by atoms with Gasteiger partial charge in [0.2, 0.25) is 5.88 Å². The van der Waals surface area contributed by atoms with Crippen molar-refractivity contribution >= 4 is 0 Å². The van der Waals surface area contributed by atoms with Crippen molar-refractivity contribution in [1.29, 1.82) is 0 Å². The Morgan fingerprint density at radius 3 is 3.00 bits per heavy atom. The maximum atomic E-state index is 5.74. The van der Waals surface area contributed by atoms with Gasteiger partial charge in [-0.25, -0.2) is 4.98 Å². The SMILES string of the molecule is c1coc(-c2cncc(OCC3CCNCC3)n2)c1. The fourth-order valence-electron chi connectivity index (χ4n) is 2.21. The molecule has 1 aliphatic rings. The van der Waals surface area contributed by atoms with Gasteiger partial charge in [-0.05, 0) is 44.0 Å². The van der Waals surface area contributed by atoms with Crippen LogP contribution in [0, 0.1) is 5.92 Å². The van der Waals surface area contributed by atoms with Crippen LogP contribution in [0.2, 0.25) is 0 Å². The average molecular weight is 259 g/mol. The Hall–Kier alpha value is -1.88. The fraction of sp³-hybridized carbons (Fsp3) is 0.429. The number of rotatable bonds is 4. The molecule has 1 saturated heterocycles. The van der Waals surface area contributed by atoms with Gasteiger partial charge in [-0.3, -0.25) is 4.98 Å². The van der Waals surface area contributed by atoms with E-state index in [4.69, 9.17) is 9.15 Å². The number of piperidine rings is 1. The molecule has 100 valence electrons. The Morgan fingerprint density at radius 1 is 1.32 bits per heavy atom. The standard InChI is InChI=1S/C14H17N3O2/c1-2-13(18-7-1)12-8-16-9-14(17-12)19-10-11-3-5-15-6-4-11/h1-2,7-9,11,15H,3-6,10H2. The highest BCUT2D eigenvalue weighted by molar-refractivity contribution is 5.50. The van der Waals surface area contributed by atoms with Crippen LogP contribution in [0.15, 0.2) is 35.2 Å². The summed E-state index contributed by atoms with van der Waals surface area (Å²) in [5, 5.41) is 3.34. The molecule has 0 radical (unpaired) electrons. The molecule has 5 nitrogen and oxygen atoms in total. The van der Waals surface area contributed by atoms with Gasteiger partial charge >= 0.3 is 0 Å². The Kier molecular flexibility index (Phi) is 3.74. The van der Waals surface area contributed by atoms with Crippen molar-refractivity contribution in [3.05, 3.63) is 30.8 Å². The van der Waals surface area contributed by atoms with Crippen molar-refractivity contribution in [2.45, 2.75) is 12.8 Å². The summed E-state index contributed by atoms with van der Waals surface area (Å²) in [6.07, 6.45) is 7.26. The van der Waals surface area contributed by atoms with E-state index in [1.165, 1.54) is 0 Å². The minimum absolute atomic E-state index is 0.562. The zero-order chi connectivity index (χ0) is 12.9. The maximum Gasteiger partial charge on any atom is 0.232 e. The van der Waals surface area contributed by atoms with Crippen molar-refractivity contribution in [2.75, 3.05) is 19.7 Å². The molecule has 2 aromatic rings. The predicted molar refractivity (Wildman–Crippen MR) is 70.8 cm³/mol. The van der Waals surface area contributed by atoms with Gasteiger partial charge in [0.1, 0.15) is 5.69 Å². The third kappa shape index (κ3) is 3.12. The minimum atomic E-state index is 0.562. The molecule has 1 aliphatic heterocycles. The highest BCUT2D eigenvalue weighted by atomic mass is 16.5. The molecule has 0 spiro atoms. The van der Waals surface area contributed by atoms with E-state index in [0.29, 0.717) is 29.9 Å². The molecule has 3 rings (SSSR count). The largest absolute Gasteiger partial charge is 0.476 e. The first kappa shape index (κ1) is 12.2.